The average Bonchev–Trinajstić information content (AvgIpc) is 2.40. The van der Waals surface area contributed by atoms with Crippen molar-refractivity contribution in [2.45, 2.75) is 33.0 Å². The van der Waals surface area contributed by atoms with E-state index in [0.29, 0.717) is 19.0 Å². The molecule has 1 aromatic carbocycles. The molecule has 0 saturated carbocycles. The molecule has 0 spiro atoms. The van der Waals surface area contributed by atoms with Gasteiger partial charge in [0.05, 0.1) is 18.8 Å². The number of rotatable bonds is 5. The van der Waals surface area contributed by atoms with Gasteiger partial charge in [-0.2, -0.15) is 0 Å². The maximum atomic E-state index is 5.92. The highest BCUT2D eigenvalue weighted by atomic mass is 16.6. The van der Waals surface area contributed by atoms with E-state index in [9.17, 15) is 0 Å². The van der Waals surface area contributed by atoms with Crippen LogP contribution in [0.15, 0.2) is 29.4 Å². The molecule has 0 atom stereocenters. The van der Waals surface area contributed by atoms with E-state index in [-0.39, 0.29) is 5.60 Å². The zero-order chi connectivity index (χ0) is 15.3. The molecule has 2 rings (SSSR count). The number of hydrogen-bond donors (Lipinski definition) is 1. The SMILES string of the molecule is Cc1ccc(CO/N=C(/N)CN2CCOC(C)(C)C2)cc1. The minimum atomic E-state index is -0.124. The molecule has 1 aliphatic rings. The molecule has 2 N–H and O–H groups in total. The Balaban J connectivity index is 1.77. The first-order valence-corrected chi connectivity index (χ1v) is 7.31. The lowest BCUT2D eigenvalue weighted by atomic mass is 10.1. The Morgan fingerprint density at radius 1 is 1.38 bits per heavy atom. The van der Waals surface area contributed by atoms with E-state index in [0.717, 1.165) is 25.3 Å². The lowest BCUT2D eigenvalue weighted by molar-refractivity contribution is -0.0821. The fourth-order valence-corrected chi connectivity index (χ4v) is 2.38. The van der Waals surface area contributed by atoms with Crippen LogP contribution in [0, 0.1) is 6.92 Å². The third kappa shape index (κ3) is 5.36. The zero-order valence-electron chi connectivity index (χ0n) is 13.1. The number of hydrogen-bond acceptors (Lipinski definition) is 4. The Hall–Kier alpha value is -1.59. The van der Waals surface area contributed by atoms with E-state index < -0.39 is 0 Å². The maximum Gasteiger partial charge on any atom is 0.153 e. The molecule has 1 aliphatic heterocycles. The van der Waals surface area contributed by atoms with Crippen LogP contribution in [-0.4, -0.2) is 42.6 Å². The Morgan fingerprint density at radius 3 is 2.76 bits per heavy atom. The molecule has 116 valence electrons. The Bertz CT molecular complexity index is 483. The fraction of sp³-hybridized carbons (Fsp3) is 0.562. The number of amidine groups is 1. The summed E-state index contributed by atoms with van der Waals surface area (Å²) in [6.07, 6.45) is 0. The number of morpholine rings is 1. The quantitative estimate of drug-likeness (QED) is 0.511. The molecule has 0 radical (unpaired) electrons. The molecule has 0 bridgehead atoms. The molecule has 1 fully saturated rings. The van der Waals surface area contributed by atoms with Crippen LogP contribution in [-0.2, 0) is 16.2 Å². The highest BCUT2D eigenvalue weighted by Gasteiger charge is 2.27. The smallest absolute Gasteiger partial charge is 0.153 e. The summed E-state index contributed by atoms with van der Waals surface area (Å²) in [5.41, 5.74) is 8.12. The molecule has 5 heteroatoms. The first kappa shape index (κ1) is 15.8. The number of oxime groups is 1. The Morgan fingerprint density at radius 2 is 2.10 bits per heavy atom. The number of ether oxygens (including phenoxy) is 1. The summed E-state index contributed by atoms with van der Waals surface area (Å²) in [6.45, 7) is 9.73. The zero-order valence-corrected chi connectivity index (χ0v) is 13.1. The minimum absolute atomic E-state index is 0.124. The van der Waals surface area contributed by atoms with Crippen LogP contribution in [0.5, 0.6) is 0 Å². The lowest BCUT2D eigenvalue weighted by Gasteiger charge is -2.37. The molecule has 1 aromatic rings. The first-order valence-electron chi connectivity index (χ1n) is 7.31. The van der Waals surface area contributed by atoms with Gasteiger partial charge in [-0.3, -0.25) is 4.90 Å². The molecule has 21 heavy (non-hydrogen) atoms. The van der Waals surface area contributed by atoms with E-state index in [1.54, 1.807) is 0 Å². The van der Waals surface area contributed by atoms with Gasteiger partial charge in [0.25, 0.3) is 0 Å². The monoisotopic (exact) mass is 291 g/mol. The summed E-state index contributed by atoms with van der Waals surface area (Å²) in [6, 6.07) is 8.18. The molecular weight excluding hydrogens is 266 g/mol. The van der Waals surface area contributed by atoms with Crippen LogP contribution in [0.1, 0.15) is 25.0 Å². The van der Waals surface area contributed by atoms with Crippen LogP contribution in [0.4, 0.5) is 0 Å². The van der Waals surface area contributed by atoms with Gasteiger partial charge in [-0.05, 0) is 26.3 Å². The summed E-state index contributed by atoms with van der Waals surface area (Å²) >= 11 is 0. The van der Waals surface area contributed by atoms with E-state index >= 15 is 0 Å². The summed E-state index contributed by atoms with van der Waals surface area (Å²) in [4.78, 5) is 7.55. The summed E-state index contributed by atoms with van der Waals surface area (Å²) in [5.74, 6) is 0.500. The van der Waals surface area contributed by atoms with Crippen LogP contribution < -0.4 is 5.73 Å². The van der Waals surface area contributed by atoms with Gasteiger partial charge in [0.15, 0.2) is 5.84 Å². The van der Waals surface area contributed by atoms with Gasteiger partial charge in [-0.1, -0.05) is 35.0 Å². The van der Waals surface area contributed by atoms with E-state index in [2.05, 4.69) is 43.0 Å². The number of nitrogens with zero attached hydrogens (tertiary/aromatic N) is 2. The number of benzene rings is 1. The van der Waals surface area contributed by atoms with E-state index in [1.165, 1.54) is 5.56 Å². The molecule has 1 saturated heterocycles. The summed E-state index contributed by atoms with van der Waals surface area (Å²) < 4.78 is 5.67. The second kappa shape index (κ2) is 6.91. The van der Waals surface area contributed by atoms with Gasteiger partial charge in [-0.15, -0.1) is 0 Å². The van der Waals surface area contributed by atoms with Crippen molar-refractivity contribution in [3.05, 3.63) is 35.4 Å². The van der Waals surface area contributed by atoms with Crippen LogP contribution >= 0.6 is 0 Å². The normalized spacial score (nSPS) is 19.5. The van der Waals surface area contributed by atoms with Crippen LogP contribution in [0.2, 0.25) is 0 Å². The predicted octanol–water partition coefficient (Wildman–Crippen LogP) is 1.89. The minimum Gasteiger partial charge on any atom is -0.389 e. The van der Waals surface area contributed by atoms with Crippen molar-refractivity contribution in [1.82, 2.24) is 4.90 Å². The van der Waals surface area contributed by atoms with Crippen molar-refractivity contribution >= 4 is 5.84 Å². The van der Waals surface area contributed by atoms with Gasteiger partial charge in [0.2, 0.25) is 0 Å². The molecular formula is C16H25N3O2. The topological polar surface area (TPSA) is 60.1 Å². The molecule has 0 aliphatic carbocycles. The molecule has 0 aromatic heterocycles. The maximum absolute atomic E-state index is 5.92. The second-order valence-corrected chi connectivity index (χ2v) is 6.16. The lowest BCUT2D eigenvalue weighted by Crippen LogP contribution is -2.50. The molecule has 5 nitrogen and oxygen atoms in total. The van der Waals surface area contributed by atoms with Crippen molar-refractivity contribution in [3.63, 3.8) is 0 Å². The Labute approximate surface area is 126 Å². The largest absolute Gasteiger partial charge is 0.389 e. The number of aryl methyl sites for hydroxylation is 1. The standard InChI is InChI=1S/C16H25N3O2/c1-13-4-6-14(7-5-13)11-21-18-15(17)10-19-8-9-20-16(2,3)12-19/h4-7H,8-12H2,1-3H3,(H2,17,18). The van der Waals surface area contributed by atoms with Crippen molar-refractivity contribution in [2.24, 2.45) is 10.9 Å². The van der Waals surface area contributed by atoms with Crippen molar-refractivity contribution < 1.29 is 9.57 Å². The van der Waals surface area contributed by atoms with Crippen molar-refractivity contribution in [1.29, 1.82) is 0 Å². The number of nitrogens with two attached hydrogens (primary N) is 1. The van der Waals surface area contributed by atoms with Crippen molar-refractivity contribution in [3.8, 4) is 0 Å². The third-order valence-corrected chi connectivity index (χ3v) is 3.42. The van der Waals surface area contributed by atoms with Gasteiger partial charge < -0.3 is 15.3 Å². The average molecular weight is 291 g/mol. The molecule has 1 heterocycles. The van der Waals surface area contributed by atoms with Gasteiger partial charge in [-0.25, -0.2) is 0 Å². The highest BCUT2D eigenvalue weighted by Crippen LogP contribution is 2.15. The highest BCUT2D eigenvalue weighted by molar-refractivity contribution is 5.81. The first-order chi connectivity index (χ1) is 9.94. The van der Waals surface area contributed by atoms with Crippen LogP contribution in [0.3, 0.4) is 0 Å². The molecule has 0 unspecified atom stereocenters. The van der Waals surface area contributed by atoms with Gasteiger partial charge >= 0.3 is 0 Å². The van der Waals surface area contributed by atoms with Gasteiger partial charge in [0.1, 0.15) is 6.61 Å². The molecule has 0 amide bonds. The third-order valence-electron chi connectivity index (χ3n) is 3.42. The second-order valence-electron chi connectivity index (χ2n) is 6.16. The van der Waals surface area contributed by atoms with Crippen molar-refractivity contribution in [2.75, 3.05) is 26.2 Å². The summed E-state index contributed by atoms with van der Waals surface area (Å²) in [5, 5.41) is 4.00. The summed E-state index contributed by atoms with van der Waals surface area (Å²) in [7, 11) is 0. The van der Waals surface area contributed by atoms with E-state index in [4.69, 9.17) is 15.3 Å². The van der Waals surface area contributed by atoms with Gasteiger partial charge in [0, 0.05) is 13.1 Å². The van der Waals surface area contributed by atoms with Crippen LogP contribution in [0.25, 0.3) is 0 Å². The predicted molar refractivity (Wildman–Crippen MR) is 84.1 cm³/mol. The van der Waals surface area contributed by atoms with E-state index in [1.807, 2.05) is 12.1 Å². The Kier molecular flexibility index (Phi) is 5.20. The fourth-order valence-electron chi connectivity index (χ4n) is 2.38.